The van der Waals surface area contributed by atoms with Crippen molar-refractivity contribution < 1.29 is 24.0 Å². The van der Waals surface area contributed by atoms with E-state index in [9.17, 15) is 24.5 Å². The molecule has 9 nitrogen and oxygen atoms in total. The van der Waals surface area contributed by atoms with E-state index >= 15 is 0 Å². The summed E-state index contributed by atoms with van der Waals surface area (Å²) >= 11 is 3.45. The number of hydrogen-bond acceptors (Lipinski definition) is 6. The zero-order valence-electron chi connectivity index (χ0n) is 19.3. The van der Waals surface area contributed by atoms with E-state index in [4.69, 9.17) is 4.74 Å². The van der Waals surface area contributed by atoms with Gasteiger partial charge in [0.05, 0.1) is 15.1 Å². The minimum atomic E-state index is -0.987. The van der Waals surface area contributed by atoms with Gasteiger partial charge >= 0.3 is 6.03 Å². The molecule has 0 spiro atoms. The first-order chi connectivity index (χ1) is 17.1. The Morgan fingerprint density at radius 1 is 1.03 bits per heavy atom. The van der Waals surface area contributed by atoms with Gasteiger partial charge in [0.25, 0.3) is 17.5 Å². The molecule has 4 amide bonds. The molecule has 1 heterocycles. The Balaban J connectivity index is 1.57. The van der Waals surface area contributed by atoms with Gasteiger partial charge in [-0.15, -0.1) is 0 Å². The summed E-state index contributed by atoms with van der Waals surface area (Å²) in [4.78, 5) is 49.0. The molecular formula is C26H20BrN3O6. The van der Waals surface area contributed by atoms with Crippen molar-refractivity contribution in [3.05, 3.63) is 103 Å². The predicted molar refractivity (Wildman–Crippen MR) is 136 cm³/mol. The molecule has 1 saturated heterocycles. The van der Waals surface area contributed by atoms with Gasteiger partial charge in [0, 0.05) is 12.1 Å². The number of non-ortho nitro benzene ring substituents is 1. The number of imide groups is 2. The molecule has 0 unspecified atom stereocenters. The molecule has 10 heteroatoms. The van der Waals surface area contributed by atoms with Crippen LogP contribution in [0, 0.1) is 24.0 Å². The first kappa shape index (κ1) is 24.8. The number of barbiturate groups is 1. The van der Waals surface area contributed by atoms with Crippen molar-refractivity contribution in [1.82, 2.24) is 5.32 Å². The number of rotatable bonds is 6. The van der Waals surface area contributed by atoms with Crippen molar-refractivity contribution in [2.75, 3.05) is 4.90 Å². The number of benzene rings is 3. The quantitative estimate of drug-likeness (QED) is 0.195. The van der Waals surface area contributed by atoms with Gasteiger partial charge in [0.1, 0.15) is 17.9 Å². The third-order valence-electron chi connectivity index (χ3n) is 5.63. The van der Waals surface area contributed by atoms with Gasteiger partial charge in [0.15, 0.2) is 0 Å². The second-order valence-corrected chi connectivity index (χ2v) is 8.99. The van der Waals surface area contributed by atoms with E-state index in [0.29, 0.717) is 27.3 Å². The molecule has 1 fully saturated rings. The van der Waals surface area contributed by atoms with E-state index in [1.807, 2.05) is 26.0 Å². The minimum Gasteiger partial charge on any atom is -0.488 e. The maximum atomic E-state index is 13.1. The second kappa shape index (κ2) is 10.1. The summed E-state index contributed by atoms with van der Waals surface area (Å²) in [6.45, 7) is 4.44. The first-order valence-electron chi connectivity index (χ1n) is 10.8. The van der Waals surface area contributed by atoms with Gasteiger partial charge < -0.3 is 4.74 Å². The number of urea groups is 1. The summed E-state index contributed by atoms with van der Waals surface area (Å²) in [6, 6.07) is 15.2. The number of anilines is 1. The number of nitro groups is 1. The Bertz CT molecular complexity index is 1450. The summed E-state index contributed by atoms with van der Waals surface area (Å²) < 4.78 is 6.51. The molecule has 0 saturated carbocycles. The number of carbonyl (C=O) groups is 3. The maximum Gasteiger partial charge on any atom is 0.335 e. The first-order valence-corrected chi connectivity index (χ1v) is 11.6. The minimum absolute atomic E-state index is 0.0265. The summed E-state index contributed by atoms with van der Waals surface area (Å²) in [5.74, 6) is -1.18. The number of carbonyl (C=O) groups excluding carboxylic acids is 3. The number of amides is 4. The lowest BCUT2D eigenvalue weighted by Crippen LogP contribution is -2.54. The standard InChI is InChI=1S/C26H20BrN3O6/c1-15-6-7-18(10-16(15)2)14-36-23-9-8-17(12-22(23)27)11-21-24(31)28-26(33)29(25(21)32)19-4-3-5-20(13-19)30(34)35/h3-13H,14H2,1-2H3,(H,28,31,33)/b21-11+. The van der Waals surface area contributed by atoms with E-state index in [2.05, 4.69) is 27.3 Å². The van der Waals surface area contributed by atoms with Crippen LogP contribution in [0.3, 0.4) is 0 Å². The van der Waals surface area contributed by atoms with Crippen LogP contribution in [0.15, 0.2) is 70.7 Å². The van der Waals surface area contributed by atoms with Crippen LogP contribution >= 0.6 is 15.9 Å². The van der Waals surface area contributed by atoms with E-state index in [-0.39, 0.29) is 16.9 Å². The van der Waals surface area contributed by atoms with Gasteiger partial charge in [-0.05, 0) is 76.3 Å². The molecule has 0 radical (unpaired) electrons. The van der Waals surface area contributed by atoms with Crippen LogP contribution < -0.4 is 15.0 Å². The number of aryl methyl sites for hydroxylation is 2. The van der Waals surface area contributed by atoms with Crippen LogP contribution in [0.4, 0.5) is 16.2 Å². The number of ether oxygens (including phenoxy) is 1. The molecule has 0 atom stereocenters. The molecule has 1 N–H and O–H groups in total. The van der Waals surface area contributed by atoms with Crippen LogP contribution in [0.1, 0.15) is 22.3 Å². The highest BCUT2D eigenvalue weighted by atomic mass is 79.9. The number of nitro benzene ring substituents is 1. The average molecular weight is 550 g/mol. The normalized spacial score (nSPS) is 14.7. The molecule has 4 rings (SSSR count). The lowest BCUT2D eigenvalue weighted by atomic mass is 10.1. The summed E-state index contributed by atoms with van der Waals surface area (Å²) in [6.07, 6.45) is 1.34. The number of nitrogens with one attached hydrogen (secondary N) is 1. The smallest absolute Gasteiger partial charge is 0.335 e. The van der Waals surface area contributed by atoms with Crippen molar-refractivity contribution in [1.29, 1.82) is 0 Å². The third-order valence-corrected chi connectivity index (χ3v) is 6.25. The van der Waals surface area contributed by atoms with E-state index in [0.717, 1.165) is 11.6 Å². The van der Waals surface area contributed by atoms with Crippen molar-refractivity contribution in [3.8, 4) is 5.75 Å². The Kier molecular flexibility index (Phi) is 6.98. The van der Waals surface area contributed by atoms with Crippen molar-refractivity contribution in [3.63, 3.8) is 0 Å². The molecule has 182 valence electrons. The fourth-order valence-electron chi connectivity index (χ4n) is 3.58. The van der Waals surface area contributed by atoms with Crippen molar-refractivity contribution in [2.24, 2.45) is 0 Å². The highest BCUT2D eigenvalue weighted by Crippen LogP contribution is 2.29. The SMILES string of the molecule is Cc1ccc(COc2ccc(/C=C3\C(=O)NC(=O)N(c4cccc([N+](=O)[O-])c4)C3=O)cc2Br)cc1C. The largest absolute Gasteiger partial charge is 0.488 e. The van der Waals surface area contributed by atoms with Gasteiger partial charge in [-0.1, -0.05) is 30.3 Å². The monoisotopic (exact) mass is 549 g/mol. The fourth-order valence-corrected chi connectivity index (χ4v) is 4.09. The van der Waals surface area contributed by atoms with Crippen LogP contribution in [0.2, 0.25) is 0 Å². The lowest BCUT2D eigenvalue weighted by Gasteiger charge is -2.26. The Morgan fingerprint density at radius 3 is 2.50 bits per heavy atom. The molecule has 36 heavy (non-hydrogen) atoms. The maximum absolute atomic E-state index is 13.1. The van der Waals surface area contributed by atoms with Crippen LogP contribution in [0.5, 0.6) is 5.75 Å². The molecule has 1 aliphatic heterocycles. The molecule has 3 aromatic carbocycles. The highest BCUT2D eigenvalue weighted by Gasteiger charge is 2.37. The van der Waals surface area contributed by atoms with E-state index < -0.39 is 22.8 Å². The number of hydrogen-bond donors (Lipinski definition) is 1. The van der Waals surface area contributed by atoms with Crippen molar-refractivity contribution in [2.45, 2.75) is 20.5 Å². The van der Waals surface area contributed by atoms with Gasteiger partial charge in [0.2, 0.25) is 0 Å². The lowest BCUT2D eigenvalue weighted by molar-refractivity contribution is -0.384. The van der Waals surface area contributed by atoms with Gasteiger partial charge in [-0.3, -0.25) is 25.0 Å². The topological polar surface area (TPSA) is 119 Å². The van der Waals surface area contributed by atoms with Crippen LogP contribution in [-0.4, -0.2) is 22.8 Å². The molecule has 1 aliphatic rings. The molecule has 0 aliphatic carbocycles. The fraction of sp³-hybridized carbons (Fsp3) is 0.115. The van der Waals surface area contributed by atoms with Crippen LogP contribution in [0.25, 0.3) is 6.08 Å². The average Bonchev–Trinajstić information content (AvgIpc) is 2.83. The summed E-state index contributed by atoms with van der Waals surface area (Å²) in [5.41, 5.74) is 3.28. The second-order valence-electron chi connectivity index (χ2n) is 8.13. The van der Waals surface area contributed by atoms with E-state index in [1.165, 1.54) is 35.4 Å². The molecular weight excluding hydrogens is 530 g/mol. The van der Waals surface area contributed by atoms with Crippen molar-refractivity contribution >= 4 is 51.2 Å². The predicted octanol–water partition coefficient (Wildman–Crippen LogP) is 5.22. The highest BCUT2D eigenvalue weighted by molar-refractivity contribution is 9.10. The van der Waals surface area contributed by atoms with Gasteiger partial charge in [-0.2, -0.15) is 0 Å². The summed E-state index contributed by atoms with van der Waals surface area (Å²) in [7, 11) is 0. The zero-order valence-corrected chi connectivity index (χ0v) is 20.9. The third kappa shape index (κ3) is 5.18. The zero-order chi connectivity index (χ0) is 26.0. The Morgan fingerprint density at radius 2 is 1.81 bits per heavy atom. The Hall–Kier alpha value is -4.31. The summed E-state index contributed by atoms with van der Waals surface area (Å²) in [5, 5.41) is 13.2. The molecule has 3 aromatic rings. The number of nitrogens with zero attached hydrogens (tertiary/aromatic N) is 2. The molecule has 0 bridgehead atoms. The Labute approximate surface area is 214 Å². The number of halogens is 1. The molecule has 0 aromatic heterocycles. The van der Waals surface area contributed by atoms with E-state index in [1.54, 1.807) is 18.2 Å². The van der Waals surface area contributed by atoms with Crippen LogP contribution in [-0.2, 0) is 16.2 Å². The van der Waals surface area contributed by atoms with Gasteiger partial charge in [-0.25, -0.2) is 9.69 Å².